The van der Waals surface area contributed by atoms with Crippen molar-refractivity contribution in [3.8, 4) is 0 Å². The van der Waals surface area contributed by atoms with E-state index >= 15 is 0 Å². The van der Waals surface area contributed by atoms with E-state index in [4.69, 9.17) is 4.74 Å². The molecule has 5 heteroatoms. The number of anilines is 1. The van der Waals surface area contributed by atoms with E-state index in [2.05, 4.69) is 5.32 Å². The number of benzene rings is 2. The maximum Gasteiger partial charge on any atom is 0.339 e. The molecule has 0 spiro atoms. The summed E-state index contributed by atoms with van der Waals surface area (Å²) in [7, 11) is 0. The molecule has 0 atom stereocenters. The third-order valence-corrected chi connectivity index (χ3v) is 5.09. The minimum atomic E-state index is -0.510. The zero-order valence-corrected chi connectivity index (χ0v) is 16.6. The molecule has 0 aliphatic carbocycles. The Bertz CT molecular complexity index is 899. The molecule has 142 valence electrons. The molecule has 0 aliphatic heterocycles. The second-order valence-corrected chi connectivity index (χ2v) is 6.76. The zero-order chi connectivity index (χ0) is 20.3. The fourth-order valence-electron chi connectivity index (χ4n) is 3.02. The van der Waals surface area contributed by atoms with Crippen LogP contribution in [0.4, 0.5) is 5.69 Å². The summed E-state index contributed by atoms with van der Waals surface area (Å²) in [6.07, 6.45) is 0. The maximum atomic E-state index is 12.6. The van der Waals surface area contributed by atoms with Gasteiger partial charge in [0.2, 0.25) is 0 Å². The fourth-order valence-corrected chi connectivity index (χ4v) is 3.02. The number of nitrogens with one attached hydrogen (secondary N) is 1. The Morgan fingerprint density at radius 3 is 2.00 bits per heavy atom. The first-order valence-electron chi connectivity index (χ1n) is 8.78. The molecule has 0 fully saturated rings. The Morgan fingerprint density at radius 1 is 0.889 bits per heavy atom. The first-order chi connectivity index (χ1) is 12.6. The summed E-state index contributed by atoms with van der Waals surface area (Å²) < 4.78 is 5.23. The van der Waals surface area contributed by atoms with Gasteiger partial charge in [-0.05, 0) is 81.5 Å². The molecule has 0 unspecified atom stereocenters. The number of carbonyl (C=O) groups excluding carboxylic acids is 3. The Balaban J connectivity index is 2.09. The molecule has 2 aromatic rings. The Kier molecular flexibility index (Phi) is 6.16. The lowest BCUT2D eigenvalue weighted by Crippen LogP contribution is -2.22. The van der Waals surface area contributed by atoms with Crippen molar-refractivity contribution < 1.29 is 19.1 Å². The summed E-state index contributed by atoms with van der Waals surface area (Å²) in [6, 6.07) is 6.62. The van der Waals surface area contributed by atoms with Gasteiger partial charge in [0.25, 0.3) is 5.91 Å². The molecule has 0 aliphatic rings. The molecule has 0 saturated carbocycles. The summed E-state index contributed by atoms with van der Waals surface area (Å²) in [5.74, 6) is -1.06. The quantitative estimate of drug-likeness (QED) is 0.634. The van der Waals surface area contributed by atoms with Crippen molar-refractivity contribution in [1.82, 2.24) is 0 Å². The van der Waals surface area contributed by atoms with Gasteiger partial charge < -0.3 is 10.1 Å². The van der Waals surface area contributed by atoms with Crippen molar-refractivity contribution in [3.05, 3.63) is 63.2 Å². The number of ether oxygens (including phenoxy) is 1. The number of hydrogen-bond acceptors (Lipinski definition) is 4. The van der Waals surface area contributed by atoms with Crippen LogP contribution in [0.1, 0.15) is 55.5 Å². The molecular weight excluding hydrogens is 342 g/mol. The van der Waals surface area contributed by atoms with Gasteiger partial charge in [0.1, 0.15) is 0 Å². The summed E-state index contributed by atoms with van der Waals surface area (Å²) in [5, 5.41) is 2.64. The minimum Gasteiger partial charge on any atom is -0.452 e. The van der Waals surface area contributed by atoms with Crippen molar-refractivity contribution >= 4 is 23.3 Å². The van der Waals surface area contributed by atoms with E-state index in [0.717, 1.165) is 27.8 Å². The predicted molar refractivity (Wildman–Crippen MR) is 105 cm³/mol. The largest absolute Gasteiger partial charge is 0.452 e. The monoisotopic (exact) mass is 367 g/mol. The first-order valence-corrected chi connectivity index (χ1v) is 8.78. The normalized spacial score (nSPS) is 10.4. The molecule has 2 aromatic carbocycles. The van der Waals surface area contributed by atoms with Crippen LogP contribution in [0.2, 0.25) is 0 Å². The SMILES string of the molecule is CC(=O)c1cccc(NC(=O)COC(=O)c2c(C)c(C)c(C)c(C)c2C)c1. The van der Waals surface area contributed by atoms with E-state index in [1.54, 1.807) is 24.3 Å². The van der Waals surface area contributed by atoms with Gasteiger partial charge in [0.15, 0.2) is 12.4 Å². The van der Waals surface area contributed by atoms with Crippen LogP contribution in [0, 0.1) is 34.6 Å². The van der Waals surface area contributed by atoms with Gasteiger partial charge in [-0.15, -0.1) is 0 Å². The van der Waals surface area contributed by atoms with Gasteiger partial charge in [0.05, 0.1) is 5.56 Å². The Hall–Kier alpha value is -2.95. The summed E-state index contributed by atoms with van der Waals surface area (Å²) in [5.41, 5.74) is 6.50. The van der Waals surface area contributed by atoms with Crippen LogP contribution in [0.25, 0.3) is 0 Å². The lowest BCUT2D eigenvalue weighted by atomic mass is 9.90. The number of hydrogen-bond donors (Lipinski definition) is 1. The number of ketones is 1. The van der Waals surface area contributed by atoms with Gasteiger partial charge in [-0.25, -0.2) is 4.79 Å². The van der Waals surface area contributed by atoms with Crippen LogP contribution in [0.5, 0.6) is 0 Å². The third-order valence-electron chi connectivity index (χ3n) is 5.09. The molecule has 0 saturated heterocycles. The molecule has 0 bridgehead atoms. The van der Waals surface area contributed by atoms with Crippen molar-refractivity contribution in [3.63, 3.8) is 0 Å². The van der Waals surface area contributed by atoms with Crippen LogP contribution in [0.3, 0.4) is 0 Å². The molecular formula is C22H25NO4. The maximum absolute atomic E-state index is 12.6. The number of amides is 1. The lowest BCUT2D eigenvalue weighted by Gasteiger charge is -2.17. The number of Topliss-reactive ketones (excluding diaryl/α,β-unsaturated/α-hetero) is 1. The van der Waals surface area contributed by atoms with Gasteiger partial charge in [0, 0.05) is 11.3 Å². The number of esters is 1. The molecule has 1 amide bonds. The molecule has 1 N–H and O–H groups in total. The van der Waals surface area contributed by atoms with Crippen molar-refractivity contribution in [1.29, 1.82) is 0 Å². The van der Waals surface area contributed by atoms with Crippen molar-refractivity contribution in [2.45, 2.75) is 41.5 Å². The highest BCUT2D eigenvalue weighted by molar-refractivity contribution is 5.99. The van der Waals surface area contributed by atoms with E-state index in [1.165, 1.54) is 6.92 Å². The van der Waals surface area contributed by atoms with E-state index in [1.807, 2.05) is 34.6 Å². The summed E-state index contributed by atoms with van der Waals surface area (Å²) in [4.78, 5) is 36.1. The Morgan fingerprint density at radius 2 is 1.44 bits per heavy atom. The average Bonchev–Trinajstić information content (AvgIpc) is 2.63. The summed E-state index contributed by atoms with van der Waals surface area (Å²) >= 11 is 0. The molecule has 2 rings (SSSR count). The van der Waals surface area contributed by atoms with Gasteiger partial charge in [-0.2, -0.15) is 0 Å². The minimum absolute atomic E-state index is 0.0893. The highest BCUT2D eigenvalue weighted by Crippen LogP contribution is 2.26. The molecule has 0 radical (unpaired) electrons. The molecule has 0 heterocycles. The highest BCUT2D eigenvalue weighted by Gasteiger charge is 2.20. The third kappa shape index (κ3) is 4.42. The lowest BCUT2D eigenvalue weighted by molar-refractivity contribution is -0.119. The fraction of sp³-hybridized carbons (Fsp3) is 0.318. The second kappa shape index (κ2) is 8.16. The van der Waals surface area contributed by atoms with Crippen LogP contribution < -0.4 is 5.32 Å². The summed E-state index contributed by atoms with van der Waals surface area (Å²) in [6.45, 7) is 10.8. The van der Waals surface area contributed by atoms with E-state index in [0.29, 0.717) is 16.8 Å². The molecule has 5 nitrogen and oxygen atoms in total. The highest BCUT2D eigenvalue weighted by atomic mass is 16.5. The van der Waals surface area contributed by atoms with Gasteiger partial charge >= 0.3 is 5.97 Å². The van der Waals surface area contributed by atoms with Crippen LogP contribution >= 0.6 is 0 Å². The number of carbonyl (C=O) groups is 3. The first kappa shape index (κ1) is 20.4. The smallest absolute Gasteiger partial charge is 0.339 e. The van der Waals surface area contributed by atoms with Crippen LogP contribution in [-0.2, 0) is 9.53 Å². The van der Waals surface area contributed by atoms with Crippen molar-refractivity contribution in [2.24, 2.45) is 0 Å². The van der Waals surface area contributed by atoms with Crippen LogP contribution in [0.15, 0.2) is 24.3 Å². The second-order valence-electron chi connectivity index (χ2n) is 6.76. The van der Waals surface area contributed by atoms with E-state index in [9.17, 15) is 14.4 Å². The number of rotatable bonds is 5. The van der Waals surface area contributed by atoms with E-state index < -0.39 is 18.5 Å². The average molecular weight is 367 g/mol. The van der Waals surface area contributed by atoms with Crippen molar-refractivity contribution in [2.75, 3.05) is 11.9 Å². The molecule has 0 aromatic heterocycles. The van der Waals surface area contributed by atoms with Gasteiger partial charge in [-0.1, -0.05) is 12.1 Å². The Labute approximate surface area is 159 Å². The van der Waals surface area contributed by atoms with Gasteiger partial charge in [-0.3, -0.25) is 9.59 Å². The predicted octanol–water partition coefficient (Wildman–Crippen LogP) is 4.23. The van der Waals surface area contributed by atoms with Crippen LogP contribution in [-0.4, -0.2) is 24.3 Å². The molecule has 27 heavy (non-hydrogen) atoms. The zero-order valence-electron chi connectivity index (χ0n) is 16.6. The standard InChI is InChI=1S/C22H25NO4/c1-12-13(2)15(4)21(16(5)14(12)3)22(26)27-11-20(25)23-19-9-7-8-18(10-19)17(6)24/h7-10H,11H2,1-6H3,(H,23,25). The topological polar surface area (TPSA) is 72.5 Å². The van der Waals surface area contributed by atoms with E-state index in [-0.39, 0.29) is 5.78 Å².